The van der Waals surface area contributed by atoms with E-state index in [1.54, 1.807) is 24.0 Å². The molecule has 0 bridgehead atoms. The van der Waals surface area contributed by atoms with Crippen molar-refractivity contribution in [3.05, 3.63) is 53.8 Å². The highest BCUT2D eigenvalue weighted by molar-refractivity contribution is 7.92. The summed E-state index contributed by atoms with van der Waals surface area (Å²) in [5.74, 6) is -0.877. The first-order valence-corrected chi connectivity index (χ1v) is 12.2. The molecule has 2 aromatic carbocycles. The number of nitrogens with zero attached hydrogens (tertiary/aromatic N) is 2. The standard InChI is InChI=1S/C23H30FN3O5S/c1-15-12-27(16(2)14-28)23(29)19-6-5-7-20(22(19)32-21(15)13-26(3)4)25-33(30,31)18-10-8-17(24)9-11-18/h5-11,15-16,21,25,28H,12-14H2,1-4H3/t15-,16+,21-/m0/s1. The number of hydrogen-bond acceptors (Lipinski definition) is 6. The second kappa shape index (κ2) is 10.1. The van der Waals surface area contributed by atoms with Crippen LogP contribution < -0.4 is 9.46 Å². The number of carbonyl (C=O) groups is 1. The lowest BCUT2D eigenvalue weighted by Gasteiger charge is -2.38. The van der Waals surface area contributed by atoms with Gasteiger partial charge in [-0.2, -0.15) is 0 Å². The van der Waals surface area contributed by atoms with Gasteiger partial charge < -0.3 is 19.6 Å². The Labute approximate surface area is 194 Å². The van der Waals surface area contributed by atoms with Crippen molar-refractivity contribution in [1.29, 1.82) is 0 Å². The van der Waals surface area contributed by atoms with Gasteiger partial charge in [-0.15, -0.1) is 0 Å². The number of nitrogens with one attached hydrogen (secondary N) is 1. The van der Waals surface area contributed by atoms with Crippen molar-refractivity contribution in [2.75, 3.05) is 38.5 Å². The van der Waals surface area contributed by atoms with E-state index >= 15 is 0 Å². The number of ether oxygens (including phenoxy) is 1. The second-order valence-corrected chi connectivity index (χ2v) is 10.3. The van der Waals surface area contributed by atoms with E-state index in [2.05, 4.69) is 4.72 Å². The molecule has 0 fully saturated rings. The quantitative estimate of drug-likeness (QED) is 0.633. The van der Waals surface area contributed by atoms with E-state index in [9.17, 15) is 22.7 Å². The van der Waals surface area contributed by atoms with Crippen LogP contribution in [0.3, 0.4) is 0 Å². The van der Waals surface area contributed by atoms with Gasteiger partial charge in [-0.3, -0.25) is 9.52 Å². The van der Waals surface area contributed by atoms with Crippen LogP contribution in [0, 0.1) is 11.7 Å². The molecule has 33 heavy (non-hydrogen) atoms. The molecule has 180 valence electrons. The molecule has 1 aliphatic heterocycles. The first-order chi connectivity index (χ1) is 15.5. The van der Waals surface area contributed by atoms with Gasteiger partial charge in [-0.05, 0) is 57.4 Å². The molecule has 1 heterocycles. The Kier molecular flexibility index (Phi) is 7.61. The minimum atomic E-state index is -4.06. The Hall–Kier alpha value is -2.69. The number of rotatable bonds is 7. The third kappa shape index (κ3) is 5.63. The minimum Gasteiger partial charge on any atom is -0.486 e. The summed E-state index contributed by atoms with van der Waals surface area (Å²) in [6, 6.07) is 8.69. The number of benzene rings is 2. The lowest BCUT2D eigenvalue weighted by atomic mass is 9.99. The molecule has 3 atom stereocenters. The van der Waals surface area contributed by atoms with Gasteiger partial charge in [0.2, 0.25) is 0 Å². The number of aliphatic hydroxyl groups excluding tert-OH is 1. The molecule has 1 aliphatic rings. The lowest BCUT2D eigenvalue weighted by Crippen LogP contribution is -2.49. The van der Waals surface area contributed by atoms with E-state index in [0.29, 0.717) is 13.1 Å². The molecule has 8 nitrogen and oxygen atoms in total. The average molecular weight is 480 g/mol. The van der Waals surface area contributed by atoms with Crippen LogP contribution in [0.1, 0.15) is 24.2 Å². The fourth-order valence-electron chi connectivity index (χ4n) is 3.72. The zero-order chi connectivity index (χ0) is 24.3. The Morgan fingerprint density at radius 2 is 1.91 bits per heavy atom. The Balaban J connectivity index is 2.09. The summed E-state index contributed by atoms with van der Waals surface area (Å²) in [4.78, 5) is 16.8. The molecular formula is C23H30FN3O5S. The summed E-state index contributed by atoms with van der Waals surface area (Å²) in [7, 11) is -0.261. The van der Waals surface area contributed by atoms with Crippen molar-refractivity contribution in [3.63, 3.8) is 0 Å². The maximum absolute atomic E-state index is 13.4. The molecule has 0 aromatic heterocycles. The van der Waals surface area contributed by atoms with Crippen LogP contribution in [-0.2, 0) is 10.0 Å². The van der Waals surface area contributed by atoms with Gasteiger partial charge in [-0.25, -0.2) is 12.8 Å². The van der Waals surface area contributed by atoms with E-state index in [-0.39, 0.29) is 46.4 Å². The van der Waals surface area contributed by atoms with Crippen LogP contribution in [-0.4, -0.2) is 75.2 Å². The fourth-order valence-corrected chi connectivity index (χ4v) is 4.78. The van der Waals surface area contributed by atoms with E-state index in [1.165, 1.54) is 6.07 Å². The first kappa shape index (κ1) is 24.9. The molecule has 0 saturated carbocycles. The van der Waals surface area contributed by atoms with Crippen molar-refractivity contribution in [3.8, 4) is 5.75 Å². The first-order valence-electron chi connectivity index (χ1n) is 10.7. The number of halogens is 1. The molecule has 0 spiro atoms. The average Bonchev–Trinajstić information content (AvgIpc) is 2.76. The monoisotopic (exact) mass is 479 g/mol. The van der Waals surface area contributed by atoms with Crippen LogP contribution >= 0.6 is 0 Å². The van der Waals surface area contributed by atoms with Gasteiger partial charge in [0.25, 0.3) is 15.9 Å². The van der Waals surface area contributed by atoms with E-state index in [0.717, 1.165) is 24.3 Å². The highest BCUT2D eigenvalue weighted by Gasteiger charge is 2.34. The van der Waals surface area contributed by atoms with Crippen molar-refractivity contribution in [2.24, 2.45) is 5.92 Å². The number of sulfonamides is 1. The molecule has 0 aliphatic carbocycles. The van der Waals surface area contributed by atoms with Gasteiger partial charge in [0.15, 0.2) is 5.75 Å². The summed E-state index contributed by atoms with van der Waals surface area (Å²) in [6.07, 6.45) is -0.350. The summed E-state index contributed by atoms with van der Waals surface area (Å²) < 4.78 is 47.9. The number of para-hydroxylation sites is 1. The summed E-state index contributed by atoms with van der Waals surface area (Å²) in [5, 5.41) is 9.71. The lowest BCUT2D eigenvalue weighted by molar-refractivity contribution is 0.0366. The minimum absolute atomic E-state index is 0.0970. The van der Waals surface area contributed by atoms with Crippen molar-refractivity contribution < 1.29 is 27.4 Å². The van der Waals surface area contributed by atoms with E-state index in [4.69, 9.17) is 4.74 Å². The number of amides is 1. The van der Waals surface area contributed by atoms with E-state index in [1.807, 2.05) is 25.9 Å². The summed E-state index contributed by atoms with van der Waals surface area (Å²) in [6.45, 7) is 4.42. The zero-order valence-electron chi connectivity index (χ0n) is 19.2. The van der Waals surface area contributed by atoms with Crippen LogP contribution in [0.15, 0.2) is 47.4 Å². The smallest absolute Gasteiger partial charge is 0.262 e. The van der Waals surface area contributed by atoms with Gasteiger partial charge in [0.1, 0.15) is 11.9 Å². The normalized spacial score (nSPS) is 20.0. The van der Waals surface area contributed by atoms with Gasteiger partial charge >= 0.3 is 0 Å². The van der Waals surface area contributed by atoms with Gasteiger partial charge in [0.05, 0.1) is 28.8 Å². The molecule has 2 aromatic rings. The molecule has 3 rings (SSSR count). The van der Waals surface area contributed by atoms with E-state index < -0.39 is 21.9 Å². The Bertz CT molecular complexity index is 1090. The maximum atomic E-state index is 13.4. The molecule has 0 radical (unpaired) electrons. The molecule has 1 amide bonds. The number of fused-ring (bicyclic) bond motifs is 1. The van der Waals surface area contributed by atoms with Crippen LogP contribution in [0.4, 0.5) is 10.1 Å². The highest BCUT2D eigenvalue weighted by Crippen LogP contribution is 2.36. The summed E-state index contributed by atoms with van der Waals surface area (Å²) in [5.41, 5.74) is 0.310. The predicted molar refractivity (Wildman–Crippen MR) is 123 cm³/mol. The number of hydrogen-bond donors (Lipinski definition) is 2. The van der Waals surface area contributed by atoms with Crippen molar-refractivity contribution >= 4 is 21.6 Å². The van der Waals surface area contributed by atoms with Gasteiger partial charge in [-0.1, -0.05) is 13.0 Å². The third-order valence-electron chi connectivity index (χ3n) is 5.60. The zero-order valence-corrected chi connectivity index (χ0v) is 20.0. The van der Waals surface area contributed by atoms with Crippen LogP contribution in [0.2, 0.25) is 0 Å². The van der Waals surface area contributed by atoms with Crippen molar-refractivity contribution in [2.45, 2.75) is 30.9 Å². The maximum Gasteiger partial charge on any atom is 0.262 e. The molecule has 10 heteroatoms. The Morgan fingerprint density at radius 3 is 2.52 bits per heavy atom. The molecule has 0 saturated heterocycles. The molecular weight excluding hydrogens is 449 g/mol. The summed E-state index contributed by atoms with van der Waals surface area (Å²) >= 11 is 0. The van der Waals surface area contributed by atoms with Gasteiger partial charge in [0, 0.05) is 19.0 Å². The number of likely N-dealkylation sites (N-methyl/N-ethyl adjacent to an activating group) is 1. The van der Waals surface area contributed by atoms with Crippen LogP contribution in [0.25, 0.3) is 0 Å². The number of carbonyl (C=O) groups excluding carboxylic acids is 1. The number of aliphatic hydroxyl groups is 1. The largest absolute Gasteiger partial charge is 0.486 e. The third-order valence-corrected chi connectivity index (χ3v) is 6.99. The second-order valence-electron chi connectivity index (χ2n) is 8.63. The molecule has 0 unspecified atom stereocenters. The predicted octanol–water partition coefficient (Wildman–Crippen LogP) is 2.41. The topological polar surface area (TPSA) is 99.2 Å². The Morgan fingerprint density at radius 1 is 1.24 bits per heavy atom. The van der Waals surface area contributed by atoms with Crippen molar-refractivity contribution in [1.82, 2.24) is 9.80 Å². The fraction of sp³-hybridized carbons (Fsp3) is 0.435. The highest BCUT2D eigenvalue weighted by atomic mass is 32.2. The SMILES string of the molecule is C[C@H](CO)N1C[C@H](C)[C@H](CN(C)C)Oc2c(NS(=O)(=O)c3ccc(F)cc3)cccc2C1=O. The molecule has 2 N–H and O–H groups in total. The van der Waals surface area contributed by atoms with Crippen LogP contribution in [0.5, 0.6) is 5.75 Å². The number of anilines is 1.